The Morgan fingerprint density at radius 3 is 1.81 bits per heavy atom. The molecule has 0 radical (unpaired) electrons. The first kappa shape index (κ1) is 18.1. The molecular weight excluding hydrogens is 264 g/mol. The van der Waals surface area contributed by atoms with Gasteiger partial charge in [-0.05, 0) is 17.0 Å². The molecule has 1 aromatic rings. The van der Waals surface area contributed by atoms with Gasteiger partial charge in [0.1, 0.15) is 0 Å². The van der Waals surface area contributed by atoms with Crippen molar-refractivity contribution >= 4 is 0 Å². The van der Waals surface area contributed by atoms with E-state index in [9.17, 15) is 0 Å². The molecule has 0 spiro atoms. The Morgan fingerprint density at radius 1 is 0.952 bits per heavy atom. The van der Waals surface area contributed by atoms with Gasteiger partial charge in [-0.2, -0.15) is 0 Å². The molecule has 0 heterocycles. The van der Waals surface area contributed by atoms with Gasteiger partial charge in [0.15, 0.2) is 0 Å². The number of nitrogens with zero attached hydrogens (tertiary/aromatic N) is 1. The lowest BCUT2D eigenvalue weighted by atomic mass is 9.98. The van der Waals surface area contributed by atoms with Crippen molar-refractivity contribution < 1.29 is 9.47 Å². The largest absolute Gasteiger partial charge is 0.383 e. The normalized spacial score (nSPS) is 13.1. The first-order valence-corrected chi connectivity index (χ1v) is 7.65. The number of rotatable bonds is 10. The van der Waals surface area contributed by atoms with Gasteiger partial charge in [-0.15, -0.1) is 0 Å². The zero-order chi connectivity index (χ0) is 15.7. The van der Waals surface area contributed by atoms with Gasteiger partial charge in [0.2, 0.25) is 0 Å². The fourth-order valence-electron chi connectivity index (χ4n) is 2.44. The van der Waals surface area contributed by atoms with Crippen molar-refractivity contribution in [2.75, 3.05) is 47.1 Å². The van der Waals surface area contributed by atoms with E-state index in [0.29, 0.717) is 25.7 Å². The number of methoxy groups -OCH3 is 2. The molecule has 0 aliphatic rings. The molecule has 0 bridgehead atoms. The molecule has 21 heavy (non-hydrogen) atoms. The third-order valence-corrected chi connectivity index (χ3v) is 3.82. The molecule has 0 saturated carbocycles. The van der Waals surface area contributed by atoms with Gasteiger partial charge < -0.3 is 15.2 Å². The van der Waals surface area contributed by atoms with E-state index in [0.717, 1.165) is 13.1 Å². The number of hydrogen-bond acceptors (Lipinski definition) is 4. The number of benzene rings is 1. The summed E-state index contributed by atoms with van der Waals surface area (Å²) in [6, 6.07) is 9.00. The van der Waals surface area contributed by atoms with E-state index in [1.165, 1.54) is 11.1 Å². The Morgan fingerprint density at radius 2 is 1.43 bits per heavy atom. The van der Waals surface area contributed by atoms with Crippen molar-refractivity contribution in [3.63, 3.8) is 0 Å². The van der Waals surface area contributed by atoms with Crippen LogP contribution in [0, 0.1) is 0 Å². The molecule has 4 heteroatoms. The van der Waals surface area contributed by atoms with Gasteiger partial charge >= 0.3 is 0 Å². The second-order valence-electron chi connectivity index (χ2n) is 5.59. The van der Waals surface area contributed by atoms with Crippen LogP contribution in [0.3, 0.4) is 0 Å². The fraction of sp³-hybridized carbons (Fsp3) is 0.647. The van der Waals surface area contributed by atoms with Crippen molar-refractivity contribution in [2.24, 2.45) is 5.73 Å². The van der Waals surface area contributed by atoms with Crippen molar-refractivity contribution in [1.29, 1.82) is 0 Å². The number of hydrogen-bond donors (Lipinski definition) is 1. The summed E-state index contributed by atoms with van der Waals surface area (Å²) < 4.78 is 10.4. The number of ether oxygens (including phenoxy) is 2. The van der Waals surface area contributed by atoms with Gasteiger partial charge in [0.05, 0.1) is 13.2 Å². The SMILES string of the molecule is COCCN(CCOC)C(CN)c1ccc(C(C)C)cc1. The molecule has 0 aliphatic heterocycles. The van der Waals surface area contributed by atoms with Gasteiger partial charge in [0, 0.05) is 39.9 Å². The molecule has 120 valence electrons. The minimum Gasteiger partial charge on any atom is -0.383 e. The Bertz CT molecular complexity index is 371. The summed E-state index contributed by atoms with van der Waals surface area (Å²) in [5.74, 6) is 0.550. The van der Waals surface area contributed by atoms with Crippen LogP contribution in [0.4, 0.5) is 0 Å². The summed E-state index contributed by atoms with van der Waals surface area (Å²) in [6.45, 7) is 8.11. The van der Waals surface area contributed by atoms with Gasteiger partial charge in [-0.25, -0.2) is 0 Å². The van der Waals surface area contributed by atoms with Crippen LogP contribution in [0.2, 0.25) is 0 Å². The summed E-state index contributed by atoms with van der Waals surface area (Å²) in [4.78, 5) is 2.33. The summed E-state index contributed by atoms with van der Waals surface area (Å²) in [5.41, 5.74) is 8.64. The van der Waals surface area contributed by atoms with E-state index in [4.69, 9.17) is 15.2 Å². The molecule has 0 aromatic heterocycles. The smallest absolute Gasteiger partial charge is 0.0589 e. The third kappa shape index (κ3) is 5.75. The molecule has 1 aromatic carbocycles. The molecule has 1 rings (SSSR count). The zero-order valence-corrected chi connectivity index (χ0v) is 13.8. The van der Waals surface area contributed by atoms with Crippen LogP contribution in [-0.4, -0.2) is 52.0 Å². The summed E-state index contributed by atoms with van der Waals surface area (Å²) >= 11 is 0. The zero-order valence-electron chi connectivity index (χ0n) is 13.8. The Kier molecular flexibility index (Phi) is 8.54. The lowest BCUT2D eigenvalue weighted by Crippen LogP contribution is -2.38. The molecule has 0 saturated heterocycles. The maximum Gasteiger partial charge on any atom is 0.0589 e. The maximum atomic E-state index is 6.02. The third-order valence-electron chi connectivity index (χ3n) is 3.82. The van der Waals surface area contributed by atoms with Crippen molar-refractivity contribution in [3.05, 3.63) is 35.4 Å². The van der Waals surface area contributed by atoms with E-state index in [1.54, 1.807) is 14.2 Å². The summed E-state index contributed by atoms with van der Waals surface area (Å²) in [7, 11) is 3.45. The predicted molar refractivity (Wildman–Crippen MR) is 87.7 cm³/mol. The second-order valence-corrected chi connectivity index (χ2v) is 5.59. The maximum absolute atomic E-state index is 6.02. The van der Waals surface area contributed by atoms with Crippen LogP contribution < -0.4 is 5.73 Å². The quantitative estimate of drug-likeness (QED) is 0.720. The van der Waals surface area contributed by atoms with E-state index in [-0.39, 0.29) is 6.04 Å². The van der Waals surface area contributed by atoms with Gasteiger partial charge in [-0.3, -0.25) is 4.90 Å². The minimum absolute atomic E-state index is 0.205. The molecule has 2 N–H and O–H groups in total. The molecule has 0 aliphatic carbocycles. The summed E-state index contributed by atoms with van der Waals surface area (Å²) in [6.07, 6.45) is 0. The van der Waals surface area contributed by atoms with E-state index < -0.39 is 0 Å². The van der Waals surface area contributed by atoms with Crippen LogP contribution in [0.5, 0.6) is 0 Å². The minimum atomic E-state index is 0.205. The van der Waals surface area contributed by atoms with Gasteiger partial charge in [0.25, 0.3) is 0 Å². The average Bonchev–Trinajstić information content (AvgIpc) is 2.50. The summed E-state index contributed by atoms with van der Waals surface area (Å²) in [5, 5.41) is 0. The van der Waals surface area contributed by atoms with Crippen LogP contribution >= 0.6 is 0 Å². The van der Waals surface area contributed by atoms with Crippen LogP contribution in [0.15, 0.2) is 24.3 Å². The van der Waals surface area contributed by atoms with Crippen molar-refractivity contribution in [3.8, 4) is 0 Å². The highest BCUT2D eigenvalue weighted by Crippen LogP contribution is 2.22. The van der Waals surface area contributed by atoms with Crippen LogP contribution in [0.25, 0.3) is 0 Å². The van der Waals surface area contributed by atoms with Crippen LogP contribution in [-0.2, 0) is 9.47 Å². The lowest BCUT2D eigenvalue weighted by molar-refractivity contribution is 0.0891. The highest BCUT2D eigenvalue weighted by molar-refractivity contribution is 5.27. The standard InChI is InChI=1S/C17H30N2O2/c1-14(2)15-5-7-16(8-6-15)17(13-18)19(9-11-20-3)10-12-21-4/h5-8,14,17H,9-13,18H2,1-4H3. The molecule has 0 fully saturated rings. The van der Waals surface area contributed by atoms with E-state index >= 15 is 0 Å². The van der Waals surface area contributed by atoms with E-state index in [2.05, 4.69) is 43.0 Å². The topological polar surface area (TPSA) is 47.7 Å². The molecule has 1 atom stereocenters. The Labute approximate surface area is 129 Å². The van der Waals surface area contributed by atoms with Crippen molar-refractivity contribution in [2.45, 2.75) is 25.8 Å². The monoisotopic (exact) mass is 294 g/mol. The van der Waals surface area contributed by atoms with Crippen molar-refractivity contribution in [1.82, 2.24) is 4.90 Å². The molecule has 4 nitrogen and oxygen atoms in total. The molecular formula is C17H30N2O2. The first-order valence-electron chi connectivity index (χ1n) is 7.65. The second kappa shape index (κ2) is 9.90. The van der Waals surface area contributed by atoms with E-state index in [1.807, 2.05) is 0 Å². The Hall–Kier alpha value is -0.940. The predicted octanol–water partition coefficient (Wildman–Crippen LogP) is 2.40. The molecule has 0 amide bonds. The number of nitrogens with two attached hydrogens (primary N) is 1. The lowest BCUT2D eigenvalue weighted by Gasteiger charge is -2.31. The Balaban J connectivity index is 2.84. The fourth-order valence-corrected chi connectivity index (χ4v) is 2.44. The first-order chi connectivity index (χ1) is 10.1. The molecule has 1 unspecified atom stereocenters. The highest BCUT2D eigenvalue weighted by Gasteiger charge is 2.18. The highest BCUT2D eigenvalue weighted by atomic mass is 16.5. The van der Waals surface area contributed by atoms with Crippen LogP contribution in [0.1, 0.15) is 36.9 Å². The van der Waals surface area contributed by atoms with Gasteiger partial charge in [-0.1, -0.05) is 38.1 Å². The average molecular weight is 294 g/mol.